The van der Waals surface area contributed by atoms with Crippen LogP contribution in [-0.4, -0.2) is 54.1 Å². The molecule has 0 unspecified atom stereocenters. The Morgan fingerprint density at radius 1 is 0.975 bits per heavy atom. The minimum Gasteiger partial charge on any atom is -0.422 e. The van der Waals surface area contributed by atoms with E-state index in [0.717, 1.165) is 23.4 Å². The number of para-hydroxylation sites is 1. The van der Waals surface area contributed by atoms with Crippen LogP contribution >= 0.6 is 0 Å². The van der Waals surface area contributed by atoms with E-state index in [9.17, 15) is 18.0 Å². The van der Waals surface area contributed by atoms with Crippen LogP contribution in [-0.2, 0) is 15.7 Å². The monoisotopic (exact) mass is 548 g/mol. The number of ether oxygens (including phenoxy) is 1. The number of carbonyl (C=O) groups excluding carboxylic acids is 1. The number of nitrogens with zero attached hydrogens (tertiary/aromatic N) is 4. The summed E-state index contributed by atoms with van der Waals surface area (Å²) in [6.07, 6.45) is -3.54. The standard InChI is InChI=1S/C28H23F3N6O3/c29-28(30,31)18-14-21(37-10-12-39-13-11-37)24(32-15-18)22-16-33-27(40-22)36-25-26(38)34-20-9-5-4-8-19(20)23(35-25)17-6-2-1-3-7-17/h1-9,14-16,25H,10-13H2,(H,33,36)(H,34,38)/t25-/m1/s1. The van der Waals surface area contributed by atoms with Gasteiger partial charge in [0.05, 0.1) is 42.1 Å². The first-order chi connectivity index (χ1) is 19.4. The van der Waals surface area contributed by atoms with Gasteiger partial charge in [0.25, 0.3) is 11.9 Å². The van der Waals surface area contributed by atoms with Crippen LogP contribution in [0, 0.1) is 0 Å². The van der Waals surface area contributed by atoms with E-state index in [0.29, 0.717) is 37.7 Å². The number of nitrogens with one attached hydrogen (secondary N) is 2. The van der Waals surface area contributed by atoms with E-state index in [-0.39, 0.29) is 23.2 Å². The highest BCUT2D eigenvalue weighted by Gasteiger charge is 2.33. The molecular weight excluding hydrogens is 525 g/mol. The Labute approximate surface area is 226 Å². The number of morpholine rings is 1. The van der Waals surface area contributed by atoms with Gasteiger partial charge in [-0.3, -0.25) is 9.78 Å². The molecule has 0 spiro atoms. The second-order valence-corrected chi connectivity index (χ2v) is 9.14. The van der Waals surface area contributed by atoms with Gasteiger partial charge in [0.15, 0.2) is 5.76 Å². The minimum atomic E-state index is -4.56. The van der Waals surface area contributed by atoms with E-state index < -0.39 is 23.8 Å². The number of carbonyl (C=O) groups is 1. The third-order valence-corrected chi connectivity index (χ3v) is 6.54. The molecule has 1 fully saturated rings. The molecule has 1 saturated heterocycles. The second-order valence-electron chi connectivity index (χ2n) is 9.14. The van der Waals surface area contributed by atoms with E-state index in [1.54, 1.807) is 11.0 Å². The van der Waals surface area contributed by atoms with Crippen LogP contribution in [0.1, 0.15) is 16.7 Å². The number of benzodiazepines with no additional fused rings is 1. The van der Waals surface area contributed by atoms with Crippen molar-refractivity contribution in [3.05, 3.63) is 89.7 Å². The quantitative estimate of drug-likeness (QED) is 0.369. The van der Waals surface area contributed by atoms with Crippen LogP contribution in [0.5, 0.6) is 0 Å². The number of fused-ring (bicyclic) bond motifs is 1. The molecule has 6 rings (SSSR count). The Morgan fingerprint density at radius 3 is 2.50 bits per heavy atom. The van der Waals surface area contributed by atoms with Crippen molar-refractivity contribution in [3.8, 4) is 11.5 Å². The van der Waals surface area contributed by atoms with Crippen molar-refractivity contribution in [1.82, 2.24) is 9.97 Å². The number of halogens is 3. The molecule has 1 atom stereocenters. The number of anilines is 3. The molecule has 2 aromatic carbocycles. The van der Waals surface area contributed by atoms with Crippen LogP contribution < -0.4 is 15.5 Å². The number of aliphatic imine (C=N–C) groups is 1. The maximum absolute atomic E-state index is 13.5. The summed E-state index contributed by atoms with van der Waals surface area (Å²) in [6.45, 7) is 1.55. The Kier molecular flexibility index (Phi) is 6.68. The van der Waals surface area contributed by atoms with Gasteiger partial charge in [0.1, 0.15) is 5.69 Å². The van der Waals surface area contributed by atoms with Gasteiger partial charge in [-0.05, 0) is 12.1 Å². The molecule has 2 aliphatic heterocycles. The molecule has 2 aromatic heterocycles. The smallest absolute Gasteiger partial charge is 0.417 e. The highest BCUT2D eigenvalue weighted by atomic mass is 19.4. The summed E-state index contributed by atoms with van der Waals surface area (Å²) in [5, 5.41) is 5.79. The van der Waals surface area contributed by atoms with Crippen molar-refractivity contribution in [2.45, 2.75) is 12.3 Å². The molecule has 0 aliphatic carbocycles. The summed E-state index contributed by atoms with van der Waals surface area (Å²) < 4.78 is 51.7. The summed E-state index contributed by atoms with van der Waals surface area (Å²) in [7, 11) is 0. The van der Waals surface area contributed by atoms with Crippen LogP contribution in [0.3, 0.4) is 0 Å². The molecule has 2 N–H and O–H groups in total. The Bertz CT molecular complexity index is 1570. The van der Waals surface area contributed by atoms with E-state index in [2.05, 4.69) is 20.6 Å². The second kappa shape index (κ2) is 10.5. The molecule has 0 saturated carbocycles. The summed E-state index contributed by atoms with van der Waals surface area (Å²) in [6, 6.07) is 17.8. The van der Waals surface area contributed by atoms with Gasteiger partial charge in [0.2, 0.25) is 6.17 Å². The topological polar surface area (TPSA) is 105 Å². The Morgan fingerprint density at radius 2 is 1.73 bits per heavy atom. The molecule has 2 aliphatic rings. The fourth-order valence-electron chi connectivity index (χ4n) is 4.59. The molecular formula is C28H23F3N6O3. The summed E-state index contributed by atoms with van der Waals surface area (Å²) in [4.78, 5) is 27.9. The molecule has 12 heteroatoms. The average Bonchev–Trinajstić information content (AvgIpc) is 3.38. The number of benzene rings is 2. The first-order valence-electron chi connectivity index (χ1n) is 12.5. The molecule has 4 aromatic rings. The van der Waals surface area contributed by atoms with Crippen molar-refractivity contribution in [3.63, 3.8) is 0 Å². The zero-order valence-electron chi connectivity index (χ0n) is 21.0. The van der Waals surface area contributed by atoms with Gasteiger partial charge in [-0.15, -0.1) is 0 Å². The lowest BCUT2D eigenvalue weighted by Gasteiger charge is -2.30. The van der Waals surface area contributed by atoms with Crippen molar-refractivity contribution in [1.29, 1.82) is 0 Å². The number of aromatic nitrogens is 2. The number of hydrogen-bond donors (Lipinski definition) is 2. The Hall–Kier alpha value is -4.71. The number of alkyl halides is 3. The normalized spacial score (nSPS) is 17.5. The Balaban J connectivity index is 1.34. The third-order valence-electron chi connectivity index (χ3n) is 6.54. The predicted octanol–water partition coefficient (Wildman–Crippen LogP) is 4.82. The maximum atomic E-state index is 13.5. The van der Waals surface area contributed by atoms with E-state index >= 15 is 0 Å². The number of hydrogen-bond acceptors (Lipinski definition) is 8. The van der Waals surface area contributed by atoms with Crippen molar-refractivity contribution < 1.29 is 27.1 Å². The fourth-order valence-corrected chi connectivity index (χ4v) is 4.59. The molecule has 0 bridgehead atoms. The fraction of sp³-hybridized carbons (Fsp3) is 0.214. The van der Waals surface area contributed by atoms with Gasteiger partial charge in [-0.25, -0.2) is 9.98 Å². The molecule has 0 radical (unpaired) electrons. The van der Waals surface area contributed by atoms with Gasteiger partial charge < -0.3 is 24.7 Å². The highest BCUT2D eigenvalue weighted by Crippen LogP contribution is 2.37. The van der Waals surface area contributed by atoms with Crippen molar-refractivity contribution in [2.24, 2.45) is 4.99 Å². The van der Waals surface area contributed by atoms with Crippen LogP contribution in [0.4, 0.5) is 30.6 Å². The summed E-state index contributed by atoms with van der Waals surface area (Å²) >= 11 is 0. The molecule has 9 nitrogen and oxygen atoms in total. The lowest BCUT2D eigenvalue weighted by Crippen LogP contribution is -2.36. The van der Waals surface area contributed by atoms with Gasteiger partial charge >= 0.3 is 6.18 Å². The largest absolute Gasteiger partial charge is 0.422 e. The predicted molar refractivity (Wildman–Crippen MR) is 142 cm³/mol. The zero-order chi connectivity index (χ0) is 27.7. The van der Waals surface area contributed by atoms with Gasteiger partial charge in [-0.2, -0.15) is 13.2 Å². The lowest BCUT2D eigenvalue weighted by atomic mass is 10.0. The average molecular weight is 549 g/mol. The summed E-state index contributed by atoms with van der Waals surface area (Å²) in [5.41, 5.74) is 2.36. The van der Waals surface area contributed by atoms with Crippen molar-refractivity contribution in [2.75, 3.05) is 41.8 Å². The molecule has 40 heavy (non-hydrogen) atoms. The lowest BCUT2D eigenvalue weighted by molar-refractivity contribution is -0.137. The first kappa shape index (κ1) is 25.6. The maximum Gasteiger partial charge on any atom is 0.417 e. The number of amides is 1. The molecule has 4 heterocycles. The first-order valence-corrected chi connectivity index (χ1v) is 12.5. The van der Waals surface area contributed by atoms with E-state index in [1.165, 1.54) is 6.20 Å². The van der Waals surface area contributed by atoms with E-state index in [4.69, 9.17) is 14.1 Å². The van der Waals surface area contributed by atoms with Crippen LogP contribution in [0.25, 0.3) is 11.5 Å². The van der Waals surface area contributed by atoms with Crippen LogP contribution in [0.2, 0.25) is 0 Å². The summed E-state index contributed by atoms with van der Waals surface area (Å²) in [5.74, 6) is -0.290. The highest BCUT2D eigenvalue weighted by molar-refractivity contribution is 6.19. The third kappa shape index (κ3) is 5.13. The minimum absolute atomic E-state index is 0.0353. The van der Waals surface area contributed by atoms with E-state index in [1.807, 2.05) is 48.5 Å². The zero-order valence-corrected chi connectivity index (χ0v) is 21.0. The van der Waals surface area contributed by atoms with Crippen LogP contribution in [0.15, 0.2) is 82.5 Å². The van der Waals surface area contributed by atoms with Crippen molar-refractivity contribution >= 4 is 29.0 Å². The number of oxazole rings is 1. The number of rotatable bonds is 5. The SMILES string of the molecule is O=C1Nc2ccccc2C(c2ccccc2)=N[C@@H]1Nc1ncc(-c2ncc(C(F)(F)F)cc2N2CCOCC2)o1. The van der Waals surface area contributed by atoms with Gasteiger partial charge in [-0.1, -0.05) is 48.5 Å². The molecule has 1 amide bonds. The molecule has 204 valence electrons. The van der Waals surface area contributed by atoms with Gasteiger partial charge in [0, 0.05) is 30.4 Å². The number of pyridine rings is 1.